The molecule has 0 aliphatic carbocycles. The van der Waals surface area contributed by atoms with E-state index in [9.17, 15) is 14.4 Å². The number of esters is 1. The molecule has 0 bridgehead atoms. The zero-order valence-corrected chi connectivity index (χ0v) is 17.7. The van der Waals surface area contributed by atoms with Crippen LogP contribution in [0, 0.1) is 20.8 Å². The van der Waals surface area contributed by atoms with Gasteiger partial charge in [-0.25, -0.2) is 0 Å². The highest BCUT2D eigenvalue weighted by molar-refractivity contribution is 7.12. The summed E-state index contributed by atoms with van der Waals surface area (Å²) in [6.07, 6.45) is -1.27. The van der Waals surface area contributed by atoms with E-state index in [1.165, 1.54) is 0 Å². The van der Waals surface area contributed by atoms with Crippen molar-refractivity contribution in [3.05, 3.63) is 69.1 Å². The second-order valence-corrected chi connectivity index (χ2v) is 8.30. The molecule has 0 saturated carbocycles. The molecule has 1 atom stereocenters. The Balaban J connectivity index is 1.66. The average molecular weight is 426 g/mol. The van der Waals surface area contributed by atoms with Crippen molar-refractivity contribution in [2.75, 3.05) is 5.32 Å². The number of nitrogens with zero attached hydrogens (tertiary/aromatic N) is 1. The highest BCUT2D eigenvalue weighted by Crippen LogP contribution is 2.24. The largest absolute Gasteiger partial charge is 0.447 e. The van der Waals surface area contributed by atoms with E-state index in [4.69, 9.17) is 9.26 Å². The standard InChI is InChI=1S/C22H22N2O5S/c1-13-11-19(24-29-13)23-22(27)21(16-7-5-4-6-8-16)28-20(26)10-9-18(25)17-12-14(2)30-15(17)3/h4-8,11-12,21H,9-10H2,1-3H3,(H,23,24,27). The van der Waals surface area contributed by atoms with Crippen LogP contribution in [0.25, 0.3) is 0 Å². The highest BCUT2D eigenvalue weighted by atomic mass is 32.1. The van der Waals surface area contributed by atoms with Gasteiger partial charge in [0.1, 0.15) is 5.76 Å². The molecule has 0 aliphatic heterocycles. The molecule has 1 N–H and O–H groups in total. The minimum Gasteiger partial charge on any atom is -0.447 e. The quantitative estimate of drug-likeness (QED) is 0.419. The van der Waals surface area contributed by atoms with E-state index < -0.39 is 18.0 Å². The number of rotatable bonds is 8. The fourth-order valence-corrected chi connectivity index (χ4v) is 3.91. The van der Waals surface area contributed by atoms with Crippen molar-refractivity contribution in [1.29, 1.82) is 0 Å². The lowest BCUT2D eigenvalue weighted by Crippen LogP contribution is -2.26. The normalized spacial score (nSPS) is 11.7. The Morgan fingerprint density at radius 2 is 1.83 bits per heavy atom. The van der Waals surface area contributed by atoms with Gasteiger partial charge in [-0.05, 0) is 26.8 Å². The Morgan fingerprint density at radius 3 is 2.43 bits per heavy atom. The summed E-state index contributed by atoms with van der Waals surface area (Å²) in [7, 11) is 0. The second kappa shape index (κ2) is 9.49. The predicted octanol–water partition coefficient (Wildman–Crippen LogP) is 4.55. The Labute approximate surface area is 178 Å². The molecule has 0 fully saturated rings. The molecule has 8 heteroatoms. The number of nitrogens with one attached hydrogen (secondary N) is 1. The molecule has 1 aromatic carbocycles. The Kier molecular flexibility index (Phi) is 6.79. The lowest BCUT2D eigenvalue weighted by molar-refractivity contribution is -0.154. The average Bonchev–Trinajstić information content (AvgIpc) is 3.28. The van der Waals surface area contributed by atoms with Crippen LogP contribution < -0.4 is 5.32 Å². The van der Waals surface area contributed by atoms with Crippen LogP contribution in [-0.2, 0) is 14.3 Å². The third-order valence-electron chi connectivity index (χ3n) is 4.37. The first-order valence-corrected chi connectivity index (χ1v) is 10.2. The second-order valence-electron chi connectivity index (χ2n) is 6.84. The lowest BCUT2D eigenvalue weighted by atomic mass is 10.1. The van der Waals surface area contributed by atoms with Gasteiger partial charge in [0.25, 0.3) is 5.91 Å². The highest BCUT2D eigenvalue weighted by Gasteiger charge is 2.26. The molecule has 0 radical (unpaired) electrons. The number of hydrogen-bond acceptors (Lipinski definition) is 7. The van der Waals surface area contributed by atoms with E-state index in [1.54, 1.807) is 54.7 Å². The van der Waals surface area contributed by atoms with Gasteiger partial charge in [-0.1, -0.05) is 35.5 Å². The first-order valence-electron chi connectivity index (χ1n) is 9.42. The molecule has 1 unspecified atom stereocenters. The Hall–Kier alpha value is -3.26. The SMILES string of the molecule is Cc1cc(NC(=O)C(OC(=O)CCC(=O)c2cc(C)sc2C)c2ccccc2)no1. The van der Waals surface area contributed by atoms with Gasteiger partial charge in [0, 0.05) is 33.4 Å². The Morgan fingerprint density at radius 1 is 1.10 bits per heavy atom. The maximum absolute atomic E-state index is 12.7. The molecule has 3 aromatic rings. The van der Waals surface area contributed by atoms with Gasteiger partial charge in [0.2, 0.25) is 6.10 Å². The molecule has 2 aromatic heterocycles. The summed E-state index contributed by atoms with van der Waals surface area (Å²) in [5, 5.41) is 6.30. The first-order chi connectivity index (χ1) is 14.3. The number of Topliss-reactive ketones (excluding diaryl/α,β-unsaturated/α-hetero) is 1. The number of aryl methyl sites for hydroxylation is 3. The van der Waals surface area contributed by atoms with Crippen molar-refractivity contribution < 1.29 is 23.6 Å². The van der Waals surface area contributed by atoms with Crippen LogP contribution in [0.1, 0.15) is 50.4 Å². The van der Waals surface area contributed by atoms with Crippen LogP contribution in [0.2, 0.25) is 0 Å². The first kappa shape index (κ1) is 21.4. The van der Waals surface area contributed by atoms with Crippen LogP contribution in [0.15, 0.2) is 47.0 Å². The topological polar surface area (TPSA) is 98.5 Å². The summed E-state index contributed by atoms with van der Waals surface area (Å²) in [5.41, 5.74) is 1.14. The molecule has 7 nitrogen and oxygen atoms in total. The van der Waals surface area contributed by atoms with Gasteiger partial charge in [-0.15, -0.1) is 11.3 Å². The number of hydrogen-bond donors (Lipinski definition) is 1. The lowest BCUT2D eigenvalue weighted by Gasteiger charge is -2.17. The van der Waals surface area contributed by atoms with E-state index in [0.717, 1.165) is 9.75 Å². The van der Waals surface area contributed by atoms with Crippen LogP contribution in [0.3, 0.4) is 0 Å². The van der Waals surface area contributed by atoms with Crippen LogP contribution >= 0.6 is 11.3 Å². The van der Waals surface area contributed by atoms with Crippen molar-refractivity contribution in [3.8, 4) is 0 Å². The van der Waals surface area contributed by atoms with Gasteiger partial charge in [-0.2, -0.15) is 0 Å². The predicted molar refractivity (Wildman–Crippen MR) is 113 cm³/mol. The summed E-state index contributed by atoms with van der Waals surface area (Å²) >= 11 is 1.54. The summed E-state index contributed by atoms with van der Waals surface area (Å²) in [6.45, 7) is 5.51. The van der Waals surface area contributed by atoms with Crippen molar-refractivity contribution >= 4 is 34.8 Å². The van der Waals surface area contributed by atoms with E-state index in [1.807, 2.05) is 19.9 Å². The molecule has 0 aliphatic rings. The fourth-order valence-electron chi connectivity index (χ4n) is 2.97. The van der Waals surface area contributed by atoms with Gasteiger partial charge in [0.15, 0.2) is 11.6 Å². The fraction of sp³-hybridized carbons (Fsp3) is 0.273. The van der Waals surface area contributed by atoms with Crippen LogP contribution in [-0.4, -0.2) is 22.8 Å². The summed E-state index contributed by atoms with van der Waals surface area (Å²) < 4.78 is 10.4. The minimum atomic E-state index is -1.17. The van der Waals surface area contributed by atoms with E-state index in [2.05, 4.69) is 10.5 Å². The van der Waals surface area contributed by atoms with Crippen LogP contribution in [0.4, 0.5) is 5.82 Å². The Bertz CT molecular complexity index is 1050. The van der Waals surface area contributed by atoms with E-state index >= 15 is 0 Å². The van der Waals surface area contributed by atoms with Crippen molar-refractivity contribution in [3.63, 3.8) is 0 Å². The monoisotopic (exact) mass is 426 g/mol. The van der Waals surface area contributed by atoms with E-state index in [0.29, 0.717) is 16.9 Å². The number of carbonyl (C=O) groups excluding carboxylic acids is 3. The summed E-state index contributed by atoms with van der Waals surface area (Å²) in [4.78, 5) is 39.5. The van der Waals surface area contributed by atoms with Gasteiger partial charge >= 0.3 is 5.97 Å². The number of benzene rings is 1. The third kappa shape index (κ3) is 5.42. The molecule has 30 heavy (non-hydrogen) atoms. The molecular weight excluding hydrogens is 404 g/mol. The number of amides is 1. The number of carbonyl (C=O) groups is 3. The van der Waals surface area contributed by atoms with E-state index in [-0.39, 0.29) is 24.4 Å². The van der Waals surface area contributed by atoms with Crippen molar-refractivity contribution in [1.82, 2.24) is 5.16 Å². The van der Waals surface area contributed by atoms with Crippen LogP contribution in [0.5, 0.6) is 0 Å². The number of ketones is 1. The molecule has 2 heterocycles. The smallest absolute Gasteiger partial charge is 0.307 e. The zero-order valence-electron chi connectivity index (χ0n) is 16.9. The maximum atomic E-state index is 12.7. The number of anilines is 1. The number of thiophene rings is 1. The van der Waals surface area contributed by atoms with Crippen molar-refractivity contribution in [2.24, 2.45) is 0 Å². The number of ether oxygens (including phenoxy) is 1. The molecule has 0 spiro atoms. The molecular formula is C22H22N2O5S. The van der Waals surface area contributed by atoms with Gasteiger partial charge in [0.05, 0.1) is 6.42 Å². The van der Waals surface area contributed by atoms with Gasteiger partial charge < -0.3 is 14.6 Å². The van der Waals surface area contributed by atoms with Gasteiger partial charge in [-0.3, -0.25) is 14.4 Å². The summed E-state index contributed by atoms with van der Waals surface area (Å²) in [6, 6.07) is 12.1. The molecule has 1 amide bonds. The molecule has 3 rings (SSSR count). The summed E-state index contributed by atoms with van der Waals surface area (Å²) in [5.74, 6) is -0.539. The minimum absolute atomic E-state index is 0.0153. The molecule has 156 valence electrons. The zero-order chi connectivity index (χ0) is 21.7. The van der Waals surface area contributed by atoms with Crippen molar-refractivity contribution in [2.45, 2.75) is 39.7 Å². The third-order valence-corrected chi connectivity index (χ3v) is 5.33. The molecule has 0 saturated heterocycles. The number of aromatic nitrogens is 1. The maximum Gasteiger partial charge on any atom is 0.307 e.